The Bertz CT molecular complexity index is 957. The number of allylic oxidation sites excluding steroid dienone is 2. The fourth-order valence-corrected chi connectivity index (χ4v) is 3.70. The first-order chi connectivity index (χ1) is 14.8. The third-order valence-corrected chi connectivity index (χ3v) is 5.26. The van der Waals surface area contributed by atoms with Crippen LogP contribution >= 0.6 is 0 Å². The molecule has 3 N–H and O–H groups in total. The number of likely N-dealkylation sites (N-methyl/N-ethyl adjacent to an activating group) is 1. The van der Waals surface area contributed by atoms with Gasteiger partial charge < -0.3 is 24.9 Å². The number of benzene rings is 2. The van der Waals surface area contributed by atoms with E-state index in [-0.39, 0.29) is 22.2 Å². The van der Waals surface area contributed by atoms with E-state index < -0.39 is 5.90 Å². The molecule has 32 heavy (non-hydrogen) atoms. The van der Waals surface area contributed by atoms with Crippen LogP contribution in [0.3, 0.4) is 0 Å². The molecule has 0 saturated heterocycles. The van der Waals surface area contributed by atoms with Crippen molar-refractivity contribution in [3.63, 3.8) is 0 Å². The molecule has 0 fully saturated rings. The van der Waals surface area contributed by atoms with E-state index in [1.807, 2.05) is 25.1 Å². The van der Waals surface area contributed by atoms with Crippen LogP contribution in [0.5, 0.6) is 11.5 Å². The van der Waals surface area contributed by atoms with E-state index in [9.17, 15) is 0 Å². The number of hydrogen-bond acceptors (Lipinski definition) is 5. The summed E-state index contributed by atoms with van der Waals surface area (Å²) in [7, 11) is 1.69. The molecule has 0 spiro atoms. The molecular weight excluding hydrogens is 449 g/mol. The van der Waals surface area contributed by atoms with Crippen LogP contribution < -0.4 is 14.4 Å². The summed E-state index contributed by atoms with van der Waals surface area (Å²) >= 11 is 0. The van der Waals surface area contributed by atoms with Crippen molar-refractivity contribution in [1.82, 2.24) is 0 Å². The fraction of sp³-hybridized carbons (Fsp3) is 0.360. The van der Waals surface area contributed by atoms with Crippen LogP contribution in [0.25, 0.3) is 0 Å². The predicted molar refractivity (Wildman–Crippen MR) is 128 cm³/mol. The quantitative estimate of drug-likeness (QED) is 0.349. The molecule has 175 valence electrons. The Hall–Kier alpha value is -2.77. The maximum Gasteiger partial charge on any atom is 0.214 e. The van der Waals surface area contributed by atoms with Crippen LogP contribution in [0.15, 0.2) is 54.2 Å². The van der Waals surface area contributed by atoms with E-state index in [0.29, 0.717) is 17.9 Å². The minimum atomic E-state index is -0.452. The minimum absolute atomic E-state index is 0. The molecule has 2 aromatic carbocycles. The van der Waals surface area contributed by atoms with Crippen molar-refractivity contribution in [2.24, 2.45) is 0 Å². The number of methoxy groups -OCH3 is 1. The summed E-state index contributed by atoms with van der Waals surface area (Å²) in [5.41, 5.74) is 4.00. The molecule has 7 heteroatoms. The van der Waals surface area contributed by atoms with Gasteiger partial charge in [-0.3, -0.25) is 5.41 Å². The van der Waals surface area contributed by atoms with Crippen molar-refractivity contribution in [2.45, 2.75) is 39.5 Å². The van der Waals surface area contributed by atoms with Crippen molar-refractivity contribution in [3.05, 3.63) is 65.4 Å². The minimum Gasteiger partial charge on any atom is -0.497 e. The molecule has 1 aliphatic rings. The first kappa shape index (κ1) is 27.3. The summed E-state index contributed by atoms with van der Waals surface area (Å²) in [6, 6.07) is 13.2. The van der Waals surface area contributed by atoms with Crippen molar-refractivity contribution in [2.75, 3.05) is 25.2 Å². The molecule has 0 unspecified atom stereocenters. The van der Waals surface area contributed by atoms with Gasteiger partial charge in [0.05, 0.1) is 19.3 Å². The number of aliphatic hydroxyl groups excluding tert-OH is 1. The van der Waals surface area contributed by atoms with Crippen LogP contribution in [0, 0.1) is 10.8 Å². The molecule has 6 nitrogen and oxygen atoms in total. The second-order valence-electron chi connectivity index (χ2n) is 7.66. The molecule has 1 aliphatic heterocycles. The zero-order valence-corrected chi connectivity index (χ0v) is 20.4. The van der Waals surface area contributed by atoms with E-state index in [0.717, 1.165) is 18.7 Å². The molecule has 0 saturated carbocycles. The molecular formula is C25H33CoN3O3. The van der Waals surface area contributed by atoms with Crippen molar-refractivity contribution in [1.29, 1.82) is 10.8 Å². The van der Waals surface area contributed by atoms with Gasteiger partial charge in [0.15, 0.2) is 0 Å². The summed E-state index contributed by atoms with van der Waals surface area (Å²) in [5, 5.41) is 23.4. The van der Waals surface area contributed by atoms with Gasteiger partial charge in [-0.2, -0.15) is 0 Å². The predicted octanol–water partition coefficient (Wildman–Crippen LogP) is 5.70. The number of aliphatic hydroxyl groups is 1. The average molecular weight is 482 g/mol. The van der Waals surface area contributed by atoms with Gasteiger partial charge in [-0.05, 0) is 55.3 Å². The van der Waals surface area contributed by atoms with Gasteiger partial charge in [-0.25, -0.2) is 0 Å². The van der Waals surface area contributed by atoms with Gasteiger partial charge in [-0.1, -0.05) is 32.9 Å². The van der Waals surface area contributed by atoms with Crippen LogP contribution in [0.1, 0.15) is 45.2 Å². The fourth-order valence-electron chi connectivity index (χ4n) is 3.70. The number of ether oxygens (including phenoxy) is 2. The Balaban J connectivity index is 0.000000327. The summed E-state index contributed by atoms with van der Waals surface area (Å²) < 4.78 is 10.7. The van der Waals surface area contributed by atoms with E-state index in [1.54, 1.807) is 25.3 Å². The van der Waals surface area contributed by atoms with E-state index in [2.05, 4.69) is 37.8 Å². The molecule has 0 aromatic heterocycles. The smallest absolute Gasteiger partial charge is 0.214 e. The second-order valence-corrected chi connectivity index (χ2v) is 7.66. The summed E-state index contributed by atoms with van der Waals surface area (Å²) in [6.07, 6.45) is 4.16. The maximum atomic E-state index is 9.01. The Labute approximate surface area is 201 Å². The molecule has 0 atom stereocenters. The number of nitrogens with one attached hydrogen (secondary N) is 2. The van der Waals surface area contributed by atoms with Gasteiger partial charge >= 0.3 is 0 Å². The molecule has 0 bridgehead atoms. The first-order valence-electron chi connectivity index (χ1n) is 10.5. The number of fused-ring (bicyclic) bond motifs is 1. The van der Waals surface area contributed by atoms with Crippen molar-refractivity contribution < 1.29 is 31.4 Å². The summed E-state index contributed by atoms with van der Waals surface area (Å²) in [4.78, 5) is 2.26. The number of anilines is 1. The summed E-state index contributed by atoms with van der Waals surface area (Å²) in [6.45, 7) is 10.0. The molecule has 0 aliphatic carbocycles. The van der Waals surface area contributed by atoms with Crippen LogP contribution in [0.4, 0.5) is 5.69 Å². The number of nitrogens with zero attached hydrogens (tertiary/aromatic N) is 1. The van der Waals surface area contributed by atoms with Crippen molar-refractivity contribution >= 4 is 17.8 Å². The van der Waals surface area contributed by atoms with Gasteiger partial charge in [0.2, 0.25) is 5.90 Å². The van der Waals surface area contributed by atoms with E-state index in [1.165, 1.54) is 23.2 Å². The zero-order chi connectivity index (χ0) is 23.0. The SMILES string of the molecule is CCCOc1ccccc1C(=N)O.CCN1/C(=C\C=N)C(C)(C)c2cc(OC)ccc21.[Co]. The first-order valence-corrected chi connectivity index (χ1v) is 10.5. The standard InChI is InChI=1S/C15H20N2O.C10H13NO2.Co/c1-5-17-13-7-6-11(18-4)10-12(13)15(2,3)14(17)8-9-16;1-2-7-13-9-6-4-3-5-8(9)10(11)12;/h6-10,16H,5H2,1-4H3;3-6H,2,7H2,1H3,(H2,11,12);/b14-8-,16-9?;;. The Kier molecular flexibility index (Phi) is 10.5. The Morgan fingerprint density at radius 3 is 2.41 bits per heavy atom. The van der Waals surface area contributed by atoms with Gasteiger partial charge in [-0.15, -0.1) is 0 Å². The molecule has 1 heterocycles. The molecule has 1 radical (unpaired) electrons. The van der Waals surface area contributed by atoms with E-state index in [4.69, 9.17) is 25.4 Å². The van der Waals surface area contributed by atoms with Crippen LogP contribution in [0.2, 0.25) is 0 Å². The number of para-hydroxylation sites is 1. The Morgan fingerprint density at radius 2 is 1.84 bits per heavy atom. The third kappa shape index (κ3) is 5.92. The number of rotatable bonds is 7. The van der Waals surface area contributed by atoms with Gasteiger partial charge in [0.1, 0.15) is 11.5 Å². The molecule has 0 amide bonds. The molecule has 2 aromatic rings. The Morgan fingerprint density at radius 1 is 1.16 bits per heavy atom. The van der Waals surface area contributed by atoms with Crippen molar-refractivity contribution in [3.8, 4) is 11.5 Å². The topological polar surface area (TPSA) is 89.6 Å². The third-order valence-electron chi connectivity index (χ3n) is 5.26. The van der Waals surface area contributed by atoms with Gasteiger partial charge in [0, 0.05) is 46.3 Å². The van der Waals surface area contributed by atoms with Gasteiger partial charge in [0.25, 0.3) is 0 Å². The zero-order valence-electron chi connectivity index (χ0n) is 19.4. The number of hydrogen-bond donors (Lipinski definition) is 3. The maximum absolute atomic E-state index is 9.01. The largest absolute Gasteiger partial charge is 0.497 e. The molecule has 3 rings (SSSR count). The monoisotopic (exact) mass is 482 g/mol. The second kappa shape index (κ2) is 12.3. The van der Waals surface area contributed by atoms with Crippen LogP contribution in [-0.2, 0) is 22.2 Å². The average Bonchev–Trinajstić information content (AvgIpc) is 2.98. The normalized spacial score (nSPS) is 14.5. The summed E-state index contributed by atoms with van der Waals surface area (Å²) in [5.74, 6) is 0.998. The van der Waals surface area contributed by atoms with Crippen LogP contribution in [-0.4, -0.2) is 37.5 Å². The van der Waals surface area contributed by atoms with E-state index >= 15 is 0 Å².